The number of aliphatic hydroxyl groups is 3. The van der Waals surface area contributed by atoms with E-state index < -0.39 is 18.8 Å². The van der Waals surface area contributed by atoms with Gasteiger partial charge in [-0.3, -0.25) is 0 Å². The molecule has 15 heavy (non-hydrogen) atoms. The zero-order valence-electron chi connectivity index (χ0n) is 8.22. The Balaban J connectivity index is 2.95. The number of aliphatic hydroxyl groups excluding tert-OH is 3. The first-order valence-electron chi connectivity index (χ1n) is 4.40. The van der Waals surface area contributed by atoms with Crippen LogP contribution < -0.4 is 4.74 Å². The number of halogens is 1. The van der Waals surface area contributed by atoms with Crippen molar-refractivity contribution < 1.29 is 20.1 Å². The smallest absolute Gasteiger partial charge is 0.137 e. The van der Waals surface area contributed by atoms with E-state index in [9.17, 15) is 10.2 Å². The first-order valence-corrected chi connectivity index (χ1v) is 4.78. The standard InChI is InChI=1S/C10H13ClO4/c1-15-9-4-6(2-3-7(9)11)10(14)8(13)5-12/h2-4,8,10,12-14H,5H2,1H3. The van der Waals surface area contributed by atoms with E-state index in [0.29, 0.717) is 16.3 Å². The second-order valence-electron chi connectivity index (χ2n) is 3.09. The molecule has 1 aromatic rings. The zero-order valence-corrected chi connectivity index (χ0v) is 8.98. The molecular formula is C10H13ClO4. The Hall–Kier alpha value is -0.810. The third-order valence-electron chi connectivity index (χ3n) is 2.07. The molecule has 0 aliphatic heterocycles. The van der Waals surface area contributed by atoms with Gasteiger partial charge < -0.3 is 20.1 Å². The van der Waals surface area contributed by atoms with Gasteiger partial charge in [-0.15, -0.1) is 0 Å². The van der Waals surface area contributed by atoms with E-state index in [1.54, 1.807) is 12.1 Å². The maximum Gasteiger partial charge on any atom is 0.137 e. The van der Waals surface area contributed by atoms with Crippen molar-refractivity contribution in [3.05, 3.63) is 28.8 Å². The molecule has 0 saturated carbocycles. The predicted octanol–water partition coefficient (Wildman–Crippen LogP) is 0.735. The first-order chi connectivity index (χ1) is 7.10. The lowest BCUT2D eigenvalue weighted by atomic mass is 10.0. The van der Waals surface area contributed by atoms with Crippen molar-refractivity contribution in [1.82, 2.24) is 0 Å². The maximum atomic E-state index is 9.59. The highest BCUT2D eigenvalue weighted by Crippen LogP contribution is 2.28. The van der Waals surface area contributed by atoms with E-state index in [-0.39, 0.29) is 0 Å². The third-order valence-corrected chi connectivity index (χ3v) is 2.38. The van der Waals surface area contributed by atoms with Gasteiger partial charge in [-0.05, 0) is 17.7 Å². The van der Waals surface area contributed by atoms with Gasteiger partial charge in [-0.25, -0.2) is 0 Å². The minimum absolute atomic E-state index is 0.415. The van der Waals surface area contributed by atoms with Crippen molar-refractivity contribution >= 4 is 11.6 Å². The van der Waals surface area contributed by atoms with E-state index in [0.717, 1.165) is 0 Å². The minimum Gasteiger partial charge on any atom is -0.495 e. The van der Waals surface area contributed by atoms with Gasteiger partial charge in [0.05, 0.1) is 18.7 Å². The van der Waals surface area contributed by atoms with E-state index in [2.05, 4.69) is 0 Å². The SMILES string of the molecule is COc1cc(C(O)C(O)CO)ccc1Cl. The van der Waals surface area contributed by atoms with Crippen molar-refractivity contribution in [3.63, 3.8) is 0 Å². The Morgan fingerprint density at radius 1 is 1.40 bits per heavy atom. The molecule has 2 atom stereocenters. The number of ether oxygens (including phenoxy) is 1. The topological polar surface area (TPSA) is 69.9 Å². The fourth-order valence-corrected chi connectivity index (χ4v) is 1.38. The summed E-state index contributed by atoms with van der Waals surface area (Å²) >= 11 is 5.80. The number of methoxy groups -OCH3 is 1. The lowest BCUT2D eigenvalue weighted by Gasteiger charge is -2.16. The monoisotopic (exact) mass is 232 g/mol. The summed E-state index contributed by atoms with van der Waals surface area (Å²) in [5, 5.41) is 27.9. The molecule has 0 aromatic heterocycles. The molecule has 84 valence electrons. The lowest BCUT2D eigenvalue weighted by Crippen LogP contribution is -2.21. The molecule has 0 fully saturated rings. The van der Waals surface area contributed by atoms with Crippen molar-refractivity contribution in [3.8, 4) is 5.75 Å². The molecule has 4 nitrogen and oxygen atoms in total. The summed E-state index contributed by atoms with van der Waals surface area (Å²) in [5.41, 5.74) is 0.442. The summed E-state index contributed by atoms with van der Waals surface area (Å²) in [6, 6.07) is 4.64. The summed E-state index contributed by atoms with van der Waals surface area (Å²) in [5.74, 6) is 0.415. The van der Waals surface area contributed by atoms with Crippen molar-refractivity contribution in [2.24, 2.45) is 0 Å². The van der Waals surface area contributed by atoms with Crippen molar-refractivity contribution in [1.29, 1.82) is 0 Å². The van der Waals surface area contributed by atoms with Crippen LogP contribution in [0, 0.1) is 0 Å². The number of hydrogen-bond donors (Lipinski definition) is 3. The summed E-state index contributed by atoms with van der Waals surface area (Å²) in [7, 11) is 1.46. The van der Waals surface area contributed by atoms with Gasteiger partial charge in [0.1, 0.15) is 18.0 Å². The van der Waals surface area contributed by atoms with Crippen LogP contribution >= 0.6 is 11.6 Å². The van der Waals surface area contributed by atoms with Crippen LogP contribution in [0.4, 0.5) is 0 Å². The Kier molecular flexibility index (Phi) is 4.35. The molecular weight excluding hydrogens is 220 g/mol. The summed E-state index contributed by atoms with van der Waals surface area (Å²) in [6.45, 7) is -0.508. The minimum atomic E-state index is -1.21. The van der Waals surface area contributed by atoms with Gasteiger partial charge in [0, 0.05) is 0 Å². The highest BCUT2D eigenvalue weighted by atomic mass is 35.5. The van der Waals surface area contributed by atoms with Gasteiger partial charge in [-0.1, -0.05) is 17.7 Å². The molecule has 2 unspecified atom stereocenters. The van der Waals surface area contributed by atoms with E-state index in [4.69, 9.17) is 21.4 Å². The molecule has 1 rings (SSSR count). The third kappa shape index (κ3) is 2.82. The normalized spacial score (nSPS) is 14.7. The summed E-state index contributed by atoms with van der Waals surface area (Å²) in [6.07, 6.45) is -2.36. The van der Waals surface area contributed by atoms with Crippen LogP contribution in [0.1, 0.15) is 11.7 Å². The van der Waals surface area contributed by atoms with Crippen LogP contribution in [-0.4, -0.2) is 35.1 Å². The summed E-state index contributed by atoms with van der Waals surface area (Å²) < 4.78 is 4.96. The molecule has 3 N–H and O–H groups in total. The first kappa shape index (κ1) is 12.3. The van der Waals surface area contributed by atoms with E-state index in [1.165, 1.54) is 13.2 Å². The fraction of sp³-hybridized carbons (Fsp3) is 0.400. The molecule has 0 saturated heterocycles. The van der Waals surface area contributed by atoms with E-state index in [1.807, 2.05) is 0 Å². The predicted molar refractivity (Wildman–Crippen MR) is 56.1 cm³/mol. The lowest BCUT2D eigenvalue weighted by molar-refractivity contribution is -0.0153. The largest absolute Gasteiger partial charge is 0.495 e. The van der Waals surface area contributed by atoms with Gasteiger partial charge in [0.25, 0.3) is 0 Å². The van der Waals surface area contributed by atoms with Gasteiger partial charge in [-0.2, -0.15) is 0 Å². The van der Waals surface area contributed by atoms with Crippen LogP contribution in [0.3, 0.4) is 0 Å². The summed E-state index contributed by atoms with van der Waals surface area (Å²) in [4.78, 5) is 0. The number of rotatable bonds is 4. The zero-order chi connectivity index (χ0) is 11.4. The average molecular weight is 233 g/mol. The fourth-order valence-electron chi connectivity index (χ4n) is 1.18. The van der Waals surface area contributed by atoms with E-state index >= 15 is 0 Å². The van der Waals surface area contributed by atoms with Crippen molar-refractivity contribution in [2.45, 2.75) is 12.2 Å². The van der Waals surface area contributed by atoms with Gasteiger partial charge >= 0.3 is 0 Å². The molecule has 0 heterocycles. The Labute approximate surface area is 92.7 Å². The van der Waals surface area contributed by atoms with Crippen molar-refractivity contribution in [2.75, 3.05) is 13.7 Å². The molecule has 0 radical (unpaired) electrons. The van der Waals surface area contributed by atoms with Crippen LogP contribution in [0.15, 0.2) is 18.2 Å². The number of benzene rings is 1. The quantitative estimate of drug-likeness (QED) is 0.716. The molecule has 0 aliphatic carbocycles. The molecule has 0 bridgehead atoms. The van der Waals surface area contributed by atoms with Gasteiger partial charge in [0.15, 0.2) is 0 Å². The highest BCUT2D eigenvalue weighted by Gasteiger charge is 2.18. The Morgan fingerprint density at radius 3 is 2.60 bits per heavy atom. The molecule has 0 amide bonds. The second kappa shape index (κ2) is 5.32. The Bertz CT molecular complexity index is 329. The second-order valence-corrected chi connectivity index (χ2v) is 3.50. The van der Waals surface area contributed by atoms with Crippen LogP contribution in [0.2, 0.25) is 5.02 Å². The highest BCUT2D eigenvalue weighted by molar-refractivity contribution is 6.32. The molecule has 5 heteroatoms. The average Bonchev–Trinajstić information content (AvgIpc) is 2.27. The molecule has 0 aliphatic rings. The molecule has 0 spiro atoms. The maximum absolute atomic E-state index is 9.59. The van der Waals surface area contributed by atoms with Gasteiger partial charge in [0.2, 0.25) is 0 Å². The van der Waals surface area contributed by atoms with Crippen LogP contribution in [-0.2, 0) is 0 Å². The van der Waals surface area contributed by atoms with Crippen LogP contribution in [0.25, 0.3) is 0 Å². The molecule has 1 aromatic carbocycles. The van der Waals surface area contributed by atoms with Crippen LogP contribution in [0.5, 0.6) is 5.75 Å². The number of hydrogen-bond acceptors (Lipinski definition) is 4. The Morgan fingerprint density at radius 2 is 2.07 bits per heavy atom.